The molecule has 0 unspecified atom stereocenters. The number of carbonyl (C=O) groups is 1. The van der Waals surface area contributed by atoms with Gasteiger partial charge in [0.1, 0.15) is 17.2 Å². The number of nitrogens with zero attached hydrogens (tertiary/aromatic N) is 3. The fourth-order valence-corrected chi connectivity index (χ4v) is 2.73. The summed E-state index contributed by atoms with van der Waals surface area (Å²) < 4.78 is 53.5. The number of pyridine rings is 1. The Hall–Kier alpha value is -2.94. The Bertz CT molecular complexity index is 1050. The van der Waals surface area contributed by atoms with E-state index in [2.05, 4.69) is 15.5 Å². The van der Waals surface area contributed by atoms with Gasteiger partial charge in [0.2, 0.25) is 5.91 Å². The highest BCUT2D eigenvalue weighted by molar-refractivity contribution is 6.30. The molecule has 2 heterocycles. The first kappa shape index (κ1) is 19.8. The van der Waals surface area contributed by atoms with Gasteiger partial charge in [-0.3, -0.25) is 9.20 Å². The molecular weight excluding hydrogens is 400 g/mol. The van der Waals surface area contributed by atoms with Gasteiger partial charge in [-0.05, 0) is 29.8 Å². The highest BCUT2D eigenvalue weighted by atomic mass is 35.5. The summed E-state index contributed by atoms with van der Waals surface area (Å²) in [6.07, 6.45) is -0.520. The van der Waals surface area contributed by atoms with Gasteiger partial charge >= 0.3 is 6.18 Å². The molecule has 1 N–H and O–H groups in total. The lowest BCUT2D eigenvalue weighted by atomic mass is 10.2. The Morgan fingerprint density at radius 1 is 1.25 bits per heavy atom. The zero-order valence-electron chi connectivity index (χ0n) is 14.2. The first-order valence-electron chi connectivity index (χ1n) is 8.06. The van der Waals surface area contributed by atoms with Crippen LogP contribution < -0.4 is 5.32 Å². The maximum absolute atomic E-state index is 13.1. The molecule has 0 bridgehead atoms. The number of alkyl halides is 3. The monoisotopic (exact) mass is 412 g/mol. The molecule has 0 aliphatic heterocycles. The molecule has 2 aromatic heterocycles. The Balaban J connectivity index is 1.66. The highest BCUT2D eigenvalue weighted by Gasteiger charge is 2.35. The molecule has 5 nitrogen and oxygen atoms in total. The number of halogens is 5. The van der Waals surface area contributed by atoms with Crippen molar-refractivity contribution >= 4 is 29.2 Å². The Kier molecular flexibility index (Phi) is 5.64. The number of hydrogen-bond acceptors (Lipinski definition) is 3. The third-order valence-electron chi connectivity index (χ3n) is 3.77. The number of hydrogen-bond donors (Lipinski definition) is 1. The molecule has 1 aromatic carbocycles. The number of carbonyl (C=O) groups excluding carboxylic acids is 1. The average molecular weight is 413 g/mol. The van der Waals surface area contributed by atoms with Crippen LogP contribution in [0.15, 0.2) is 42.6 Å². The van der Waals surface area contributed by atoms with Crippen molar-refractivity contribution in [1.29, 1.82) is 0 Å². The number of aromatic nitrogens is 3. The fraction of sp³-hybridized carbons (Fsp3) is 0.167. The van der Waals surface area contributed by atoms with Crippen LogP contribution in [0, 0.1) is 5.82 Å². The number of benzene rings is 1. The van der Waals surface area contributed by atoms with Crippen LogP contribution in [0.3, 0.4) is 0 Å². The third-order valence-corrected chi connectivity index (χ3v) is 3.98. The van der Waals surface area contributed by atoms with E-state index in [-0.39, 0.29) is 29.5 Å². The maximum atomic E-state index is 13.1. The van der Waals surface area contributed by atoms with Crippen molar-refractivity contribution in [2.45, 2.75) is 12.6 Å². The van der Waals surface area contributed by atoms with E-state index < -0.39 is 23.5 Å². The normalized spacial score (nSPS) is 12.0. The molecule has 0 saturated heterocycles. The molecule has 10 heteroatoms. The second kappa shape index (κ2) is 7.97. The molecule has 1 amide bonds. The van der Waals surface area contributed by atoms with E-state index in [1.165, 1.54) is 36.5 Å². The standard InChI is InChI=1S/C18H13ClF4N4O/c19-12-9-14(18(21,22)23)17-26-25-15(27(17)10-12)6-7-24-16(28)5-4-11-2-1-3-13(20)8-11/h1-5,8-10H,6-7H2,(H,24,28)/b5-4+. The first-order chi connectivity index (χ1) is 13.2. The molecule has 146 valence electrons. The zero-order chi connectivity index (χ0) is 20.3. The summed E-state index contributed by atoms with van der Waals surface area (Å²) >= 11 is 5.77. The topological polar surface area (TPSA) is 59.3 Å². The van der Waals surface area contributed by atoms with Crippen molar-refractivity contribution in [2.24, 2.45) is 0 Å². The number of rotatable bonds is 5. The molecule has 3 aromatic rings. The Morgan fingerprint density at radius 2 is 2.04 bits per heavy atom. The lowest BCUT2D eigenvalue weighted by Crippen LogP contribution is -2.24. The van der Waals surface area contributed by atoms with Gasteiger partial charge < -0.3 is 5.32 Å². The Labute approximate surface area is 161 Å². The predicted molar refractivity (Wildman–Crippen MR) is 95.1 cm³/mol. The van der Waals surface area contributed by atoms with Crippen molar-refractivity contribution in [3.63, 3.8) is 0 Å². The minimum absolute atomic E-state index is 0.108. The summed E-state index contributed by atoms with van der Waals surface area (Å²) in [5.74, 6) is -0.636. The lowest BCUT2D eigenvalue weighted by Gasteiger charge is -2.09. The molecule has 0 aliphatic carbocycles. The van der Waals surface area contributed by atoms with Gasteiger partial charge in [0.15, 0.2) is 5.65 Å². The second-order valence-electron chi connectivity index (χ2n) is 5.81. The van der Waals surface area contributed by atoms with E-state index in [0.29, 0.717) is 5.56 Å². The van der Waals surface area contributed by atoms with Gasteiger partial charge in [-0.25, -0.2) is 4.39 Å². The maximum Gasteiger partial charge on any atom is 0.420 e. The van der Waals surface area contributed by atoms with E-state index in [1.54, 1.807) is 6.07 Å². The Morgan fingerprint density at radius 3 is 2.75 bits per heavy atom. The highest BCUT2D eigenvalue weighted by Crippen LogP contribution is 2.33. The molecule has 28 heavy (non-hydrogen) atoms. The molecule has 0 spiro atoms. The van der Waals surface area contributed by atoms with Crippen LogP contribution in [0.5, 0.6) is 0 Å². The number of fused-ring (bicyclic) bond motifs is 1. The first-order valence-corrected chi connectivity index (χ1v) is 8.43. The van der Waals surface area contributed by atoms with Crippen LogP contribution in [-0.2, 0) is 17.4 Å². The number of amides is 1. The van der Waals surface area contributed by atoms with E-state index in [4.69, 9.17) is 11.6 Å². The molecule has 0 fully saturated rings. The third kappa shape index (κ3) is 4.66. The van der Waals surface area contributed by atoms with E-state index in [1.807, 2.05) is 0 Å². The molecule has 0 atom stereocenters. The van der Waals surface area contributed by atoms with Gasteiger partial charge in [0.05, 0.1) is 5.02 Å². The largest absolute Gasteiger partial charge is 0.420 e. The van der Waals surface area contributed by atoms with Gasteiger partial charge in [-0.15, -0.1) is 10.2 Å². The van der Waals surface area contributed by atoms with Crippen LogP contribution in [0.4, 0.5) is 17.6 Å². The summed E-state index contributed by atoms with van der Waals surface area (Å²) in [7, 11) is 0. The van der Waals surface area contributed by atoms with Gasteiger partial charge in [-0.2, -0.15) is 13.2 Å². The van der Waals surface area contributed by atoms with Crippen LogP contribution in [0.2, 0.25) is 5.02 Å². The van der Waals surface area contributed by atoms with Crippen LogP contribution in [0.25, 0.3) is 11.7 Å². The summed E-state index contributed by atoms with van der Waals surface area (Å²) in [6.45, 7) is 0.112. The van der Waals surface area contributed by atoms with Crippen LogP contribution in [-0.4, -0.2) is 27.0 Å². The average Bonchev–Trinajstić information content (AvgIpc) is 3.01. The van der Waals surface area contributed by atoms with E-state index in [0.717, 1.165) is 10.5 Å². The van der Waals surface area contributed by atoms with Crippen molar-refractivity contribution in [3.05, 3.63) is 70.4 Å². The van der Waals surface area contributed by atoms with Crippen molar-refractivity contribution in [3.8, 4) is 0 Å². The van der Waals surface area contributed by atoms with Gasteiger partial charge in [0.25, 0.3) is 0 Å². The molecular formula is C18H13ClF4N4O. The van der Waals surface area contributed by atoms with Crippen molar-refractivity contribution in [1.82, 2.24) is 19.9 Å². The molecule has 0 aliphatic rings. The van der Waals surface area contributed by atoms with Crippen molar-refractivity contribution in [2.75, 3.05) is 6.54 Å². The van der Waals surface area contributed by atoms with Crippen LogP contribution >= 0.6 is 11.6 Å². The molecule has 0 radical (unpaired) electrons. The molecule has 3 rings (SSSR count). The van der Waals surface area contributed by atoms with Gasteiger partial charge in [-0.1, -0.05) is 23.7 Å². The van der Waals surface area contributed by atoms with Gasteiger partial charge in [0, 0.05) is 25.2 Å². The minimum Gasteiger partial charge on any atom is -0.352 e. The SMILES string of the molecule is O=C(/C=C/c1cccc(F)c1)NCCc1nnc2c(C(F)(F)F)cc(Cl)cn12. The smallest absolute Gasteiger partial charge is 0.352 e. The predicted octanol–water partition coefficient (Wildman–Crippen LogP) is 3.91. The lowest BCUT2D eigenvalue weighted by molar-refractivity contribution is -0.136. The second-order valence-corrected chi connectivity index (χ2v) is 6.25. The molecule has 0 saturated carbocycles. The quantitative estimate of drug-likeness (QED) is 0.510. The summed E-state index contributed by atoms with van der Waals surface area (Å²) in [4.78, 5) is 11.8. The minimum atomic E-state index is -4.62. The van der Waals surface area contributed by atoms with E-state index >= 15 is 0 Å². The summed E-state index contributed by atoms with van der Waals surface area (Å²) in [5.41, 5.74) is -0.821. The fourth-order valence-electron chi connectivity index (χ4n) is 2.52. The number of nitrogens with one attached hydrogen (secondary N) is 1. The zero-order valence-corrected chi connectivity index (χ0v) is 14.9. The van der Waals surface area contributed by atoms with E-state index in [9.17, 15) is 22.4 Å². The van der Waals surface area contributed by atoms with Crippen LogP contribution in [0.1, 0.15) is 17.0 Å². The van der Waals surface area contributed by atoms with Crippen molar-refractivity contribution < 1.29 is 22.4 Å². The summed E-state index contributed by atoms with van der Waals surface area (Å²) in [6, 6.07) is 6.50. The summed E-state index contributed by atoms with van der Waals surface area (Å²) in [5, 5.41) is 9.80.